The summed E-state index contributed by atoms with van der Waals surface area (Å²) in [5.74, 6) is -0.0496. The molecule has 24 heavy (non-hydrogen) atoms. The molecule has 4 aromatic rings. The van der Waals surface area contributed by atoms with Crippen molar-refractivity contribution in [3.8, 4) is 11.1 Å². The second-order valence-electron chi connectivity index (χ2n) is 5.65. The highest BCUT2D eigenvalue weighted by Crippen LogP contribution is 2.22. The second-order valence-corrected chi connectivity index (χ2v) is 5.65. The van der Waals surface area contributed by atoms with Crippen molar-refractivity contribution >= 4 is 16.6 Å². The van der Waals surface area contributed by atoms with Gasteiger partial charge in [0.1, 0.15) is 5.69 Å². The first-order chi connectivity index (χ1) is 11.8. The maximum atomic E-state index is 12.8. The molecule has 0 radical (unpaired) electrons. The Morgan fingerprint density at radius 3 is 2.12 bits per heavy atom. The highest BCUT2D eigenvalue weighted by atomic mass is 16.1. The monoisotopic (exact) mass is 309 g/mol. The molecule has 114 valence electrons. The van der Waals surface area contributed by atoms with Crippen LogP contribution in [0.15, 0.2) is 91.1 Å². The van der Waals surface area contributed by atoms with Gasteiger partial charge < -0.3 is 0 Å². The van der Waals surface area contributed by atoms with E-state index >= 15 is 0 Å². The van der Waals surface area contributed by atoms with Gasteiger partial charge in [-0.1, -0.05) is 78.9 Å². The lowest BCUT2D eigenvalue weighted by molar-refractivity contribution is 0.103. The minimum absolute atomic E-state index is 0.0496. The number of ketones is 1. The van der Waals surface area contributed by atoms with Crippen molar-refractivity contribution in [3.63, 3.8) is 0 Å². The number of nitrogens with zero attached hydrogens (tertiary/aromatic N) is 1. The van der Waals surface area contributed by atoms with Crippen LogP contribution >= 0.6 is 0 Å². The first-order valence-corrected chi connectivity index (χ1v) is 7.87. The van der Waals surface area contributed by atoms with E-state index in [1.165, 1.54) is 0 Å². The summed E-state index contributed by atoms with van der Waals surface area (Å²) in [4.78, 5) is 17.2. The zero-order valence-electron chi connectivity index (χ0n) is 13.0. The molecule has 0 aliphatic heterocycles. The van der Waals surface area contributed by atoms with Gasteiger partial charge in [0.15, 0.2) is 0 Å². The van der Waals surface area contributed by atoms with E-state index in [-0.39, 0.29) is 5.78 Å². The van der Waals surface area contributed by atoms with Crippen molar-refractivity contribution in [2.24, 2.45) is 0 Å². The fraction of sp³-hybridized carbons (Fsp3) is 0. The molecule has 0 amide bonds. The van der Waals surface area contributed by atoms with Crippen molar-refractivity contribution in [1.29, 1.82) is 0 Å². The minimum Gasteiger partial charge on any atom is -0.287 e. The fourth-order valence-electron chi connectivity index (χ4n) is 2.88. The molecule has 0 spiro atoms. The SMILES string of the molecule is O=C(c1ccc(-c2ccccc2)cc1)c1nccc2ccccc12. The van der Waals surface area contributed by atoms with Crippen molar-refractivity contribution < 1.29 is 4.79 Å². The average molecular weight is 309 g/mol. The largest absolute Gasteiger partial charge is 0.287 e. The number of pyridine rings is 1. The van der Waals surface area contributed by atoms with Crippen LogP contribution in [0.5, 0.6) is 0 Å². The molecule has 0 unspecified atom stereocenters. The van der Waals surface area contributed by atoms with E-state index < -0.39 is 0 Å². The summed E-state index contributed by atoms with van der Waals surface area (Å²) < 4.78 is 0. The Labute approximate surface area is 140 Å². The summed E-state index contributed by atoms with van der Waals surface area (Å²) in [7, 11) is 0. The van der Waals surface area contributed by atoms with E-state index in [4.69, 9.17) is 0 Å². The molecule has 0 aliphatic carbocycles. The number of carbonyl (C=O) groups is 1. The van der Waals surface area contributed by atoms with Gasteiger partial charge in [-0.25, -0.2) is 0 Å². The van der Waals surface area contributed by atoms with Crippen LogP contribution in [0.4, 0.5) is 0 Å². The lowest BCUT2D eigenvalue weighted by Gasteiger charge is -2.06. The minimum atomic E-state index is -0.0496. The van der Waals surface area contributed by atoms with E-state index in [0.29, 0.717) is 11.3 Å². The molecule has 0 saturated carbocycles. The highest BCUT2D eigenvalue weighted by Gasteiger charge is 2.13. The van der Waals surface area contributed by atoms with Crippen molar-refractivity contribution in [1.82, 2.24) is 4.98 Å². The van der Waals surface area contributed by atoms with Crippen molar-refractivity contribution in [2.75, 3.05) is 0 Å². The normalized spacial score (nSPS) is 10.7. The predicted molar refractivity (Wildman–Crippen MR) is 97.1 cm³/mol. The van der Waals surface area contributed by atoms with Gasteiger partial charge in [0, 0.05) is 17.1 Å². The third-order valence-electron chi connectivity index (χ3n) is 4.14. The first-order valence-electron chi connectivity index (χ1n) is 7.87. The molecule has 1 heterocycles. The van der Waals surface area contributed by atoms with Gasteiger partial charge in [-0.15, -0.1) is 0 Å². The summed E-state index contributed by atoms with van der Waals surface area (Å²) in [6, 6.07) is 27.6. The number of fused-ring (bicyclic) bond motifs is 1. The Morgan fingerprint density at radius 2 is 1.33 bits per heavy atom. The maximum absolute atomic E-state index is 12.8. The molecular weight excluding hydrogens is 294 g/mol. The Balaban J connectivity index is 1.72. The van der Waals surface area contributed by atoms with Crippen LogP contribution < -0.4 is 0 Å². The maximum Gasteiger partial charge on any atom is 0.211 e. The molecule has 4 rings (SSSR count). The van der Waals surface area contributed by atoms with Crippen LogP contribution in [-0.4, -0.2) is 10.8 Å². The number of benzene rings is 3. The summed E-state index contributed by atoms with van der Waals surface area (Å²) in [5, 5.41) is 1.91. The van der Waals surface area contributed by atoms with Gasteiger partial charge in [0.25, 0.3) is 0 Å². The van der Waals surface area contributed by atoms with Gasteiger partial charge in [-0.3, -0.25) is 9.78 Å². The first kappa shape index (κ1) is 14.3. The zero-order chi connectivity index (χ0) is 16.4. The Bertz CT molecular complexity index is 999. The highest BCUT2D eigenvalue weighted by molar-refractivity contribution is 6.15. The lowest BCUT2D eigenvalue weighted by atomic mass is 9.99. The van der Waals surface area contributed by atoms with E-state index in [0.717, 1.165) is 21.9 Å². The lowest BCUT2D eigenvalue weighted by Crippen LogP contribution is -2.04. The smallest absolute Gasteiger partial charge is 0.211 e. The number of hydrogen-bond acceptors (Lipinski definition) is 2. The standard InChI is InChI=1S/C22H15NO/c24-22(21-20-9-5-4-8-18(20)14-15-23-21)19-12-10-17(11-13-19)16-6-2-1-3-7-16/h1-15H. The molecule has 0 aliphatic rings. The molecule has 0 bridgehead atoms. The van der Waals surface area contributed by atoms with Gasteiger partial charge >= 0.3 is 0 Å². The molecule has 2 nitrogen and oxygen atoms in total. The van der Waals surface area contributed by atoms with Crippen LogP contribution in [-0.2, 0) is 0 Å². The van der Waals surface area contributed by atoms with E-state index in [1.54, 1.807) is 6.20 Å². The average Bonchev–Trinajstić information content (AvgIpc) is 2.68. The van der Waals surface area contributed by atoms with Gasteiger partial charge in [-0.05, 0) is 22.6 Å². The molecule has 0 atom stereocenters. The molecule has 0 fully saturated rings. The Hall–Kier alpha value is -3.26. The van der Waals surface area contributed by atoms with E-state index in [2.05, 4.69) is 17.1 Å². The number of carbonyl (C=O) groups excluding carboxylic acids is 1. The molecular formula is C22H15NO. The molecule has 3 aromatic carbocycles. The quantitative estimate of drug-likeness (QED) is 0.491. The third kappa shape index (κ3) is 2.59. The number of rotatable bonds is 3. The Morgan fingerprint density at radius 1 is 0.667 bits per heavy atom. The summed E-state index contributed by atoms with van der Waals surface area (Å²) in [6.07, 6.45) is 1.69. The fourth-order valence-corrected chi connectivity index (χ4v) is 2.88. The molecule has 0 N–H and O–H groups in total. The van der Waals surface area contributed by atoms with Crippen LogP contribution in [0.3, 0.4) is 0 Å². The van der Waals surface area contributed by atoms with Crippen LogP contribution in [0.2, 0.25) is 0 Å². The van der Waals surface area contributed by atoms with E-state index in [9.17, 15) is 4.79 Å². The number of hydrogen-bond donors (Lipinski definition) is 0. The molecule has 1 aromatic heterocycles. The zero-order valence-corrected chi connectivity index (χ0v) is 13.0. The predicted octanol–water partition coefficient (Wildman–Crippen LogP) is 5.13. The topological polar surface area (TPSA) is 30.0 Å². The van der Waals surface area contributed by atoms with Gasteiger partial charge in [0.2, 0.25) is 5.78 Å². The van der Waals surface area contributed by atoms with Crippen molar-refractivity contribution in [3.05, 3.63) is 102 Å². The van der Waals surface area contributed by atoms with Crippen LogP contribution in [0.1, 0.15) is 16.1 Å². The van der Waals surface area contributed by atoms with Crippen LogP contribution in [0.25, 0.3) is 21.9 Å². The van der Waals surface area contributed by atoms with Crippen molar-refractivity contribution in [2.45, 2.75) is 0 Å². The third-order valence-corrected chi connectivity index (χ3v) is 4.14. The van der Waals surface area contributed by atoms with Crippen LogP contribution in [0, 0.1) is 0 Å². The number of aromatic nitrogens is 1. The van der Waals surface area contributed by atoms with Gasteiger partial charge in [0.05, 0.1) is 0 Å². The summed E-state index contributed by atoms with van der Waals surface area (Å²) >= 11 is 0. The molecule has 2 heteroatoms. The Kier molecular flexibility index (Phi) is 3.64. The second kappa shape index (κ2) is 6.09. The summed E-state index contributed by atoms with van der Waals surface area (Å²) in [5.41, 5.74) is 3.39. The van der Waals surface area contributed by atoms with E-state index in [1.807, 2.05) is 72.8 Å². The molecule has 0 saturated heterocycles. The summed E-state index contributed by atoms with van der Waals surface area (Å²) in [6.45, 7) is 0. The van der Waals surface area contributed by atoms with Gasteiger partial charge in [-0.2, -0.15) is 0 Å².